The summed E-state index contributed by atoms with van der Waals surface area (Å²) in [6.45, 7) is 2.72. The van der Waals surface area contributed by atoms with Gasteiger partial charge in [-0.1, -0.05) is 15.9 Å². The van der Waals surface area contributed by atoms with Crippen molar-refractivity contribution >= 4 is 37.8 Å². The van der Waals surface area contributed by atoms with E-state index in [4.69, 9.17) is 4.74 Å². The number of nitrogens with zero attached hydrogens (tertiary/aromatic N) is 3. The molecule has 1 aromatic rings. The highest BCUT2D eigenvalue weighted by Crippen LogP contribution is 2.18. The Morgan fingerprint density at radius 2 is 1.94 bits per heavy atom. The Hall–Kier alpha value is -0.200. The number of piperidine rings is 1. The van der Waals surface area contributed by atoms with Crippen LogP contribution in [0.3, 0.4) is 0 Å². The summed E-state index contributed by atoms with van der Waals surface area (Å²) in [5.74, 6) is 0.812. The molecule has 2 heterocycles. The zero-order valence-corrected chi connectivity index (χ0v) is 12.7. The number of ether oxygens (including phenoxy) is 1. The van der Waals surface area contributed by atoms with Crippen LogP contribution in [-0.4, -0.2) is 41.1 Å². The summed E-state index contributed by atoms with van der Waals surface area (Å²) >= 11 is 6.71. The predicted octanol–water partition coefficient (Wildman–Crippen LogP) is 2.62. The van der Waals surface area contributed by atoms with Crippen LogP contribution in [0.5, 0.6) is 0 Å². The van der Waals surface area contributed by atoms with Crippen molar-refractivity contribution in [1.29, 1.82) is 0 Å². The highest BCUT2D eigenvalue weighted by molar-refractivity contribution is 9.10. The second kappa shape index (κ2) is 6.66. The van der Waals surface area contributed by atoms with E-state index in [-0.39, 0.29) is 0 Å². The first-order valence-corrected chi connectivity index (χ1v) is 7.61. The summed E-state index contributed by atoms with van der Waals surface area (Å²) in [6.07, 6.45) is 6.06. The maximum absolute atomic E-state index is 5.71. The molecule has 1 aromatic heterocycles. The van der Waals surface area contributed by atoms with E-state index in [2.05, 4.69) is 46.7 Å². The number of aromatic nitrogens is 2. The number of halogens is 2. The van der Waals surface area contributed by atoms with Crippen LogP contribution < -0.4 is 4.90 Å². The summed E-state index contributed by atoms with van der Waals surface area (Å²) < 4.78 is 6.63. The molecule has 94 valence electrons. The van der Waals surface area contributed by atoms with E-state index >= 15 is 0 Å². The van der Waals surface area contributed by atoms with Crippen molar-refractivity contribution in [1.82, 2.24) is 9.97 Å². The van der Waals surface area contributed by atoms with Crippen LogP contribution in [-0.2, 0) is 4.74 Å². The van der Waals surface area contributed by atoms with Crippen molar-refractivity contribution < 1.29 is 4.74 Å². The second-order valence-electron chi connectivity index (χ2n) is 3.95. The average Bonchev–Trinajstić information content (AvgIpc) is 2.38. The minimum atomic E-state index is 0.388. The van der Waals surface area contributed by atoms with Crippen LogP contribution in [0.4, 0.5) is 5.95 Å². The van der Waals surface area contributed by atoms with Gasteiger partial charge in [-0.05, 0) is 28.8 Å². The molecule has 1 fully saturated rings. The van der Waals surface area contributed by atoms with Crippen molar-refractivity contribution in [2.45, 2.75) is 18.9 Å². The van der Waals surface area contributed by atoms with Crippen molar-refractivity contribution in [3.05, 3.63) is 16.9 Å². The van der Waals surface area contributed by atoms with E-state index in [1.807, 2.05) is 0 Å². The smallest absolute Gasteiger partial charge is 0.225 e. The molecule has 17 heavy (non-hydrogen) atoms. The molecule has 0 N–H and O–H groups in total. The Balaban J connectivity index is 1.84. The molecule has 2 rings (SSSR count). The van der Waals surface area contributed by atoms with Gasteiger partial charge in [0, 0.05) is 30.8 Å². The van der Waals surface area contributed by atoms with Crippen LogP contribution in [0.1, 0.15) is 12.8 Å². The zero-order valence-electron chi connectivity index (χ0n) is 9.48. The molecular weight excluding hydrogens is 350 g/mol. The summed E-state index contributed by atoms with van der Waals surface area (Å²) in [6, 6.07) is 0. The average molecular weight is 365 g/mol. The highest BCUT2D eigenvalue weighted by atomic mass is 79.9. The maximum atomic E-state index is 5.71. The van der Waals surface area contributed by atoms with Gasteiger partial charge in [0.2, 0.25) is 5.95 Å². The standard InChI is InChI=1S/C11H15Br2N3O/c12-3-6-17-10-1-4-16(5-2-10)11-14-7-9(13)8-15-11/h7-8,10H,1-6H2. The third-order valence-electron chi connectivity index (χ3n) is 2.76. The van der Waals surface area contributed by atoms with E-state index in [9.17, 15) is 0 Å². The van der Waals surface area contributed by atoms with Crippen LogP contribution in [0.15, 0.2) is 16.9 Å². The number of anilines is 1. The minimum absolute atomic E-state index is 0.388. The van der Waals surface area contributed by atoms with Crippen molar-refractivity contribution in [3.8, 4) is 0 Å². The van der Waals surface area contributed by atoms with E-state index in [1.165, 1.54) is 0 Å². The van der Waals surface area contributed by atoms with Crippen molar-refractivity contribution in [2.75, 3.05) is 29.9 Å². The molecule has 0 unspecified atom stereocenters. The van der Waals surface area contributed by atoms with Gasteiger partial charge in [0.05, 0.1) is 17.2 Å². The molecule has 0 aliphatic carbocycles. The SMILES string of the molecule is BrCCOC1CCN(c2ncc(Br)cn2)CC1. The Morgan fingerprint density at radius 1 is 1.29 bits per heavy atom. The number of rotatable bonds is 4. The number of hydrogen-bond acceptors (Lipinski definition) is 4. The molecule has 0 atom stereocenters. The normalized spacial score (nSPS) is 17.4. The first-order valence-electron chi connectivity index (χ1n) is 5.69. The van der Waals surface area contributed by atoms with E-state index in [0.29, 0.717) is 6.10 Å². The van der Waals surface area contributed by atoms with Gasteiger partial charge in [-0.2, -0.15) is 0 Å². The minimum Gasteiger partial charge on any atom is -0.377 e. The summed E-state index contributed by atoms with van der Waals surface area (Å²) in [7, 11) is 0. The van der Waals surface area contributed by atoms with E-state index in [0.717, 1.165) is 48.3 Å². The lowest BCUT2D eigenvalue weighted by atomic mass is 10.1. The Morgan fingerprint density at radius 3 is 2.53 bits per heavy atom. The van der Waals surface area contributed by atoms with E-state index in [1.54, 1.807) is 12.4 Å². The molecule has 0 bridgehead atoms. The van der Waals surface area contributed by atoms with Gasteiger partial charge in [0.1, 0.15) is 0 Å². The Kier molecular flexibility index (Phi) is 5.18. The number of hydrogen-bond donors (Lipinski definition) is 0. The molecule has 0 amide bonds. The third kappa shape index (κ3) is 3.89. The van der Waals surface area contributed by atoms with Gasteiger partial charge in [0.15, 0.2) is 0 Å². The second-order valence-corrected chi connectivity index (χ2v) is 5.66. The first-order chi connectivity index (χ1) is 8.29. The predicted molar refractivity (Wildman–Crippen MR) is 74.7 cm³/mol. The molecule has 1 aliphatic heterocycles. The lowest BCUT2D eigenvalue weighted by molar-refractivity contribution is 0.0479. The summed E-state index contributed by atoms with van der Waals surface area (Å²) in [5.41, 5.74) is 0. The van der Waals surface area contributed by atoms with Gasteiger partial charge in [-0.15, -0.1) is 0 Å². The lowest BCUT2D eigenvalue weighted by Crippen LogP contribution is -2.38. The van der Waals surface area contributed by atoms with Crippen molar-refractivity contribution in [3.63, 3.8) is 0 Å². The lowest BCUT2D eigenvalue weighted by Gasteiger charge is -2.31. The highest BCUT2D eigenvalue weighted by Gasteiger charge is 2.20. The van der Waals surface area contributed by atoms with Gasteiger partial charge < -0.3 is 9.64 Å². The molecule has 4 nitrogen and oxygen atoms in total. The van der Waals surface area contributed by atoms with E-state index < -0.39 is 0 Å². The quantitative estimate of drug-likeness (QED) is 0.770. The summed E-state index contributed by atoms with van der Waals surface area (Å²) in [4.78, 5) is 10.8. The largest absolute Gasteiger partial charge is 0.377 e. The van der Waals surface area contributed by atoms with Crippen LogP contribution in [0.25, 0.3) is 0 Å². The van der Waals surface area contributed by atoms with Gasteiger partial charge in [-0.3, -0.25) is 0 Å². The van der Waals surface area contributed by atoms with Crippen LogP contribution >= 0.6 is 31.9 Å². The monoisotopic (exact) mass is 363 g/mol. The molecule has 0 aromatic carbocycles. The molecule has 6 heteroatoms. The Bertz CT molecular complexity index is 339. The van der Waals surface area contributed by atoms with Crippen molar-refractivity contribution in [2.24, 2.45) is 0 Å². The topological polar surface area (TPSA) is 38.2 Å². The first kappa shape index (κ1) is 13.2. The van der Waals surface area contributed by atoms with Gasteiger partial charge in [0.25, 0.3) is 0 Å². The molecule has 0 spiro atoms. The molecule has 1 saturated heterocycles. The fraction of sp³-hybridized carbons (Fsp3) is 0.636. The summed E-state index contributed by atoms with van der Waals surface area (Å²) in [5, 5.41) is 0.906. The molecule has 0 saturated carbocycles. The zero-order chi connectivity index (χ0) is 12.1. The fourth-order valence-electron chi connectivity index (χ4n) is 1.90. The van der Waals surface area contributed by atoms with Crippen LogP contribution in [0.2, 0.25) is 0 Å². The Labute approximate surface area is 118 Å². The van der Waals surface area contributed by atoms with Crippen LogP contribution in [0, 0.1) is 0 Å². The molecule has 1 aliphatic rings. The third-order valence-corrected chi connectivity index (χ3v) is 3.50. The number of alkyl halides is 1. The molecule has 0 radical (unpaired) electrons. The maximum Gasteiger partial charge on any atom is 0.225 e. The fourth-order valence-corrected chi connectivity index (χ4v) is 2.29. The molecular formula is C11H15Br2N3O. The van der Waals surface area contributed by atoms with Gasteiger partial charge >= 0.3 is 0 Å². The van der Waals surface area contributed by atoms with Gasteiger partial charge in [-0.25, -0.2) is 9.97 Å².